The number of carboxylic acids is 1. The van der Waals surface area contributed by atoms with E-state index in [1.165, 1.54) is 0 Å². The first kappa shape index (κ1) is 13.2. The van der Waals surface area contributed by atoms with E-state index in [1.54, 1.807) is 18.3 Å². The van der Waals surface area contributed by atoms with E-state index in [1.807, 2.05) is 18.3 Å². The van der Waals surface area contributed by atoms with Crippen molar-refractivity contribution >= 4 is 28.6 Å². The van der Waals surface area contributed by atoms with Crippen LogP contribution in [0.1, 0.15) is 5.56 Å². The number of halogens is 1. The summed E-state index contributed by atoms with van der Waals surface area (Å²) in [5.41, 5.74) is 3.28. The maximum atomic E-state index is 11.2. The summed E-state index contributed by atoms with van der Waals surface area (Å²) in [5, 5.41) is 10.7. The fourth-order valence-corrected chi connectivity index (χ4v) is 3.10. The molecular formula is C16H11ClN2O3. The van der Waals surface area contributed by atoms with Crippen LogP contribution in [0.15, 0.2) is 36.7 Å². The van der Waals surface area contributed by atoms with Gasteiger partial charge in [-0.2, -0.15) is 0 Å². The average molecular weight is 315 g/mol. The molecule has 1 atom stereocenters. The van der Waals surface area contributed by atoms with Crippen molar-refractivity contribution < 1.29 is 14.6 Å². The summed E-state index contributed by atoms with van der Waals surface area (Å²) in [6.07, 6.45) is 2.97. The molecular weight excluding hydrogens is 304 g/mol. The van der Waals surface area contributed by atoms with Gasteiger partial charge in [0, 0.05) is 40.4 Å². The standard InChI is InChI=1S/C16H11ClN2O3/c17-9-5-8-6-13(16(20)21)22-14(8)12(7-9)10-1-3-18-15-11(10)2-4-19-15/h1-5,7,13H,6H2,(H,18,19)(H,20,21). The number of aromatic nitrogens is 2. The van der Waals surface area contributed by atoms with Crippen LogP contribution < -0.4 is 4.74 Å². The summed E-state index contributed by atoms with van der Waals surface area (Å²) in [6, 6.07) is 7.36. The Hall–Kier alpha value is -2.53. The number of carboxylic acid groups (broad SMARTS) is 1. The lowest BCUT2D eigenvalue weighted by molar-refractivity contribution is -0.144. The fourth-order valence-electron chi connectivity index (χ4n) is 2.86. The number of hydrogen-bond acceptors (Lipinski definition) is 3. The first-order valence-corrected chi connectivity index (χ1v) is 7.15. The first-order valence-electron chi connectivity index (χ1n) is 6.78. The van der Waals surface area contributed by atoms with Crippen LogP contribution >= 0.6 is 11.6 Å². The number of benzene rings is 1. The molecule has 110 valence electrons. The number of rotatable bonds is 2. The maximum Gasteiger partial charge on any atom is 0.345 e. The molecule has 3 heterocycles. The molecule has 2 N–H and O–H groups in total. The van der Waals surface area contributed by atoms with Gasteiger partial charge in [-0.15, -0.1) is 0 Å². The van der Waals surface area contributed by atoms with Gasteiger partial charge in [0.1, 0.15) is 11.4 Å². The molecule has 2 aromatic heterocycles. The highest BCUT2D eigenvalue weighted by atomic mass is 35.5. The lowest BCUT2D eigenvalue weighted by Crippen LogP contribution is -2.24. The number of hydrogen-bond donors (Lipinski definition) is 2. The molecule has 0 saturated heterocycles. The number of nitrogens with one attached hydrogen (secondary N) is 1. The van der Waals surface area contributed by atoms with Crippen molar-refractivity contribution in [2.75, 3.05) is 0 Å². The predicted octanol–water partition coefficient (Wildman–Crippen LogP) is 3.27. The van der Waals surface area contributed by atoms with E-state index in [0.717, 1.165) is 27.7 Å². The molecule has 1 aromatic carbocycles. The Balaban J connectivity index is 1.94. The van der Waals surface area contributed by atoms with Gasteiger partial charge in [-0.1, -0.05) is 11.6 Å². The van der Waals surface area contributed by atoms with E-state index in [9.17, 15) is 9.90 Å². The number of H-pyrrole nitrogens is 1. The molecule has 1 aliphatic heterocycles. The second-order valence-corrected chi connectivity index (χ2v) is 5.63. The Morgan fingerprint density at radius 2 is 2.23 bits per heavy atom. The summed E-state index contributed by atoms with van der Waals surface area (Å²) < 4.78 is 5.65. The van der Waals surface area contributed by atoms with E-state index >= 15 is 0 Å². The number of carbonyl (C=O) groups is 1. The van der Waals surface area contributed by atoms with Crippen LogP contribution in [0.2, 0.25) is 5.02 Å². The van der Waals surface area contributed by atoms with Gasteiger partial charge in [-0.3, -0.25) is 0 Å². The largest absolute Gasteiger partial charge is 0.478 e. The van der Waals surface area contributed by atoms with Crippen LogP contribution in [-0.4, -0.2) is 27.1 Å². The molecule has 0 amide bonds. The van der Waals surface area contributed by atoms with E-state index in [0.29, 0.717) is 17.2 Å². The average Bonchev–Trinajstić information content (AvgIpc) is 3.11. The van der Waals surface area contributed by atoms with Crippen molar-refractivity contribution in [3.05, 3.63) is 47.2 Å². The molecule has 22 heavy (non-hydrogen) atoms. The summed E-state index contributed by atoms with van der Waals surface area (Å²) in [5.74, 6) is -0.384. The molecule has 0 saturated carbocycles. The van der Waals surface area contributed by atoms with Gasteiger partial charge in [0.2, 0.25) is 0 Å². The van der Waals surface area contributed by atoms with Gasteiger partial charge >= 0.3 is 5.97 Å². The number of fused-ring (bicyclic) bond motifs is 2. The summed E-state index contributed by atoms with van der Waals surface area (Å²) in [6.45, 7) is 0. The van der Waals surface area contributed by atoms with Crippen LogP contribution in [0.5, 0.6) is 5.75 Å². The minimum atomic E-state index is -0.972. The molecule has 0 aliphatic carbocycles. The smallest absolute Gasteiger partial charge is 0.345 e. The Morgan fingerprint density at radius 3 is 3.05 bits per heavy atom. The molecule has 0 radical (unpaired) electrons. The Bertz CT molecular complexity index is 904. The molecule has 6 heteroatoms. The van der Waals surface area contributed by atoms with Crippen LogP contribution in [0.25, 0.3) is 22.2 Å². The topological polar surface area (TPSA) is 75.2 Å². The summed E-state index contributed by atoms with van der Waals surface area (Å²) in [7, 11) is 0. The van der Waals surface area contributed by atoms with E-state index in [4.69, 9.17) is 16.3 Å². The second-order valence-electron chi connectivity index (χ2n) is 5.19. The molecule has 0 bridgehead atoms. The van der Waals surface area contributed by atoms with Crippen molar-refractivity contribution in [1.82, 2.24) is 9.97 Å². The molecule has 3 aromatic rings. The highest BCUT2D eigenvalue weighted by Crippen LogP contribution is 2.42. The number of aliphatic carboxylic acids is 1. The first-order chi connectivity index (χ1) is 10.6. The normalized spacial score (nSPS) is 16.5. The monoisotopic (exact) mass is 314 g/mol. The molecule has 1 aliphatic rings. The van der Waals surface area contributed by atoms with Crippen molar-refractivity contribution in [2.45, 2.75) is 12.5 Å². The fraction of sp³-hybridized carbons (Fsp3) is 0.125. The molecule has 0 spiro atoms. The Kier molecular flexibility index (Phi) is 2.84. The zero-order valence-electron chi connectivity index (χ0n) is 11.3. The molecule has 1 unspecified atom stereocenters. The zero-order chi connectivity index (χ0) is 15.3. The number of aromatic amines is 1. The van der Waals surface area contributed by atoms with Crippen molar-refractivity contribution in [2.24, 2.45) is 0 Å². The minimum absolute atomic E-state index is 0.319. The third-order valence-corrected chi connectivity index (χ3v) is 4.04. The number of ether oxygens (including phenoxy) is 1. The van der Waals surface area contributed by atoms with Crippen molar-refractivity contribution in [3.63, 3.8) is 0 Å². The van der Waals surface area contributed by atoms with Crippen molar-refractivity contribution in [1.29, 1.82) is 0 Å². The summed E-state index contributed by atoms with van der Waals surface area (Å²) >= 11 is 6.20. The molecule has 5 nitrogen and oxygen atoms in total. The van der Waals surface area contributed by atoms with Gasteiger partial charge in [0.25, 0.3) is 0 Å². The van der Waals surface area contributed by atoms with Crippen LogP contribution in [0, 0.1) is 0 Å². The van der Waals surface area contributed by atoms with Crippen LogP contribution in [0.4, 0.5) is 0 Å². The Morgan fingerprint density at radius 1 is 1.36 bits per heavy atom. The van der Waals surface area contributed by atoms with E-state index in [-0.39, 0.29) is 0 Å². The zero-order valence-corrected chi connectivity index (χ0v) is 12.1. The maximum absolute atomic E-state index is 11.2. The summed E-state index contributed by atoms with van der Waals surface area (Å²) in [4.78, 5) is 18.5. The van der Waals surface area contributed by atoms with Crippen LogP contribution in [0.3, 0.4) is 0 Å². The molecule has 4 rings (SSSR count). The third kappa shape index (κ3) is 1.94. The van der Waals surface area contributed by atoms with E-state index in [2.05, 4.69) is 9.97 Å². The number of pyridine rings is 1. The number of nitrogens with zero attached hydrogens (tertiary/aromatic N) is 1. The quantitative estimate of drug-likeness (QED) is 0.761. The van der Waals surface area contributed by atoms with Gasteiger partial charge in [-0.25, -0.2) is 9.78 Å². The SMILES string of the molecule is O=C(O)C1Cc2cc(Cl)cc(-c3ccnc4[nH]ccc34)c2O1. The second kappa shape index (κ2) is 4.74. The molecule has 0 fully saturated rings. The third-order valence-electron chi connectivity index (χ3n) is 3.82. The van der Waals surface area contributed by atoms with E-state index < -0.39 is 12.1 Å². The predicted molar refractivity (Wildman–Crippen MR) is 82.3 cm³/mol. The van der Waals surface area contributed by atoms with Gasteiger partial charge in [0.15, 0.2) is 6.10 Å². The van der Waals surface area contributed by atoms with Gasteiger partial charge in [0.05, 0.1) is 0 Å². The highest BCUT2D eigenvalue weighted by Gasteiger charge is 2.31. The Labute approximate surface area is 130 Å². The lowest BCUT2D eigenvalue weighted by atomic mass is 9.99. The highest BCUT2D eigenvalue weighted by molar-refractivity contribution is 6.31. The van der Waals surface area contributed by atoms with Gasteiger partial charge in [-0.05, 0) is 29.8 Å². The minimum Gasteiger partial charge on any atom is -0.478 e. The lowest BCUT2D eigenvalue weighted by Gasteiger charge is -2.11. The van der Waals surface area contributed by atoms with Crippen LogP contribution in [-0.2, 0) is 11.2 Å². The van der Waals surface area contributed by atoms with Crippen molar-refractivity contribution in [3.8, 4) is 16.9 Å². The van der Waals surface area contributed by atoms with Gasteiger partial charge < -0.3 is 14.8 Å².